The quantitative estimate of drug-likeness (QED) is 0.307. The summed E-state index contributed by atoms with van der Waals surface area (Å²) in [7, 11) is 1.34. The first kappa shape index (κ1) is 23.2. The number of ether oxygens (including phenoxy) is 1. The molecule has 36 heavy (non-hydrogen) atoms. The minimum Gasteiger partial charge on any atom is -0.465 e. The Kier molecular flexibility index (Phi) is 5.93. The molecule has 5 aromatic rings. The van der Waals surface area contributed by atoms with Gasteiger partial charge in [0, 0.05) is 18.0 Å². The summed E-state index contributed by atoms with van der Waals surface area (Å²) in [5, 5.41) is 8.24. The van der Waals surface area contributed by atoms with Gasteiger partial charge in [0.15, 0.2) is 5.82 Å². The summed E-state index contributed by atoms with van der Waals surface area (Å²) in [6.45, 7) is 5.88. The molecule has 0 amide bonds. The number of carbonyl (C=O) groups is 1. The van der Waals surface area contributed by atoms with Gasteiger partial charge in [0.2, 0.25) is 0 Å². The summed E-state index contributed by atoms with van der Waals surface area (Å²) < 4.78 is 21.8. The molecule has 0 atom stereocenters. The van der Waals surface area contributed by atoms with Crippen molar-refractivity contribution in [1.82, 2.24) is 19.7 Å². The second-order valence-corrected chi connectivity index (χ2v) is 8.56. The van der Waals surface area contributed by atoms with Crippen LogP contribution >= 0.6 is 0 Å². The molecule has 0 saturated carbocycles. The fourth-order valence-corrected chi connectivity index (χ4v) is 4.29. The third-order valence-electron chi connectivity index (χ3n) is 6.05. The monoisotopic (exact) mass is 481 g/mol. The van der Waals surface area contributed by atoms with Gasteiger partial charge in [0.05, 0.1) is 35.3 Å². The number of anilines is 2. The van der Waals surface area contributed by atoms with Crippen molar-refractivity contribution < 1.29 is 13.9 Å². The molecule has 2 heterocycles. The third-order valence-corrected chi connectivity index (χ3v) is 6.05. The molecule has 1 N–H and O–H groups in total. The lowest BCUT2D eigenvalue weighted by Gasteiger charge is -2.16. The van der Waals surface area contributed by atoms with Gasteiger partial charge in [-0.25, -0.2) is 18.9 Å². The number of fused-ring (bicyclic) bond motifs is 1. The number of methoxy groups -OCH3 is 1. The number of halogens is 1. The number of benzene rings is 3. The van der Waals surface area contributed by atoms with Crippen molar-refractivity contribution in [3.8, 4) is 16.8 Å². The minimum atomic E-state index is -0.476. The standard InChI is InChI=1S/C28H24FN5O2/c1-16-9-10-17(2)24(13-16)34-27(32-22-8-6-5-7-20(22)28(35)36-4)25(18(3)33-34)19-14-21(29)26-23(15-19)30-11-12-31-26/h5-15,32H,1-4H3. The number of carbonyl (C=O) groups excluding carboxylic acids is 1. The predicted molar refractivity (Wildman–Crippen MR) is 137 cm³/mol. The van der Waals surface area contributed by atoms with E-state index in [1.54, 1.807) is 28.9 Å². The molecule has 2 aromatic heterocycles. The molecule has 5 rings (SSSR count). The molecule has 0 aliphatic heterocycles. The molecule has 0 spiro atoms. The van der Waals surface area contributed by atoms with Crippen LogP contribution in [0.5, 0.6) is 0 Å². The molecule has 0 fully saturated rings. The van der Waals surface area contributed by atoms with E-state index in [0.29, 0.717) is 39.4 Å². The lowest BCUT2D eigenvalue weighted by Crippen LogP contribution is -2.09. The molecule has 7 nitrogen and oxygen atoms in total. The van der Waals surface area contributed by atoms with Crippen LogP contribution < -0.4 is 5.32 Å². The molecular weight excluding hydrogens is 457 g/mol. The number of hydrogen-bond acceptors (Lipinski definition) is 6. The Hall–Kier alpha value is -4.59. The van der Waals surface area contributed by atoms with Gasteiger partial charge in [0.1, 0.15) is 11.3 Å². The predicted octanol–water partition coefficient (Wildman–Crippen LogP) is 6.08. The minimum absolute atomic E-state index is 0.200. The summed E-state index contributed by atoms with van der Waals surface area (Å²) in [6, 6.07) is 16.4. The summed E-state index contributed by atoms with van der Waals surface area (Å²) in [5.41, 5.74) is 6.44. The van der Waals surface area contributed by atoms with Crippen LogP contribution in [0.15, 0.2) is 67.0 Å². The van der Waals surface area contributed by atoms with Crippen molar-refractivity contribution >= 4 is 28.5 Å². The molecular formula is C28H24FN5O2. The van der Waals surface area contributed by atoms with Crippen LogP contribution in [-0.2, 0) is 4.74 Å². The molecule has 0 aliphatic carbocycles. The number of esters is 1. The number of nitrogens with one attached hydrogen (secondary N) is 1. The molecule has 0 saturated heterocycles. The number of aryl methyl sites for hydroxylation is 3. The Morgan fingerprint density at radius 2 is 1.78 bits per heavy atom. The average molecular weight is 482 g/mol. The molecule has 180 valence electrons. The number of rotatable bonds is 5. The van der Waals surface area contributed by atoms with E-state index in [2.05, 4.69) is 15.3 Å². The molecule has 0 aliphatic rings. The van der Waals surface area contributed by atoms with Crippen molar-refractivity contribution in [2.45, 2.75) is 20.8 Å². The maximum Gasteiger partial charge on any atom is 0.339 e. The lowest BCUT2D eigenvalue weighted by molar-refractivity contribution is 0.0602. The largest absolute Gasteiger partial charge is 0.465 e. The van der Waals surface area contributed by atoms with E-state index in [1.165, 1.54) is 25.6 Å². The van der Waals surface area contributed by atoms with E-state index in [1.807, 2.05) is 45.0 Å². The van der Waals surface area contributed by atoms with Gasteiger partial charge < -0.3 is 10.1 Å². The number of para-hydroxylation sites is 1. The van der Waals surface area contributed by atoms with Gasteiger partial charge in [-0.3, -0.25) is 4.98 Å². The Bertz CT molecular complexity index is 1630. The Labute approximate surface area is 207 Å². The van der Waals surface area contributed by atoms with Crippen LogP contribution in [0, 0.1) is 26.6 Å². The summed E-state index contributed by atoms with van der Waals surface area (Å²) >= 11 is 0. The average Bonchev–Trinajstić information content (AvgIpc) is 3.20. The van der Waals surface area contributed by atoms with Crippen LogP contribution in [0.1, 0.15) is 27.2 Å². The zero-order valence-corrected chi connectivity index (χ0v) is 20.3. The number of hydrogen-bond donors (Lipinski definition) is 1. The van der Waals surface area contributed by atoms with E-state index >= 15 is 4.39 Å². The first-order valence-corrected chi connectivity index (χ1v) is 11.4. The summed E-state index contributed by atoms with van der Waals surface area (Å²) in [6.07, 6.45) is 3.00. The molecule has 0 bridgehead atoms. The van der Waals surface area contributed by atoms with E-state index in [-0.39, 0.29) is 5.52 Å². The number of aromatic nitrogens is 4. The lowest BCUT2D eigenvalue weighted by atomic mass is 10.0. The normalized spacial score (nSPS) is 11.0. The van der Waals surface area contributed by atoms with Crippen LogP contribution in [0.2, 0.25) is 0 Å². The van der Waals surface area contributed by atoms with Gasteiger partial charge in [-0.15, -0.1) is 0 Å². The number of nitrogens with zero attached hydrogens (tertiary/aromatic N) is 4. The molecule has 8 heteroatoms. The highest BCUT2D eigenvalue weighted by Gasteiger charge is 2.23. The summed E-state index contributed by atoms with van der Waals surface area (Å²) in [5.74, 6) is -0.364. The SMILES string of the molecule is COC(=O)c1ccccc1Nc1c(-c2cc(F)c3nccnc3c2)c(C)nn1-c1cc(C)ccc1C. The Morgan fingerprint density at radius 1 is 1.00 bits per heavy atom. The molecule has 0 radical (unpaired) electrons. The topological polar surface area (TPSA) is 81.9 Å². The first-order chi connectivity index (χ1) is 17.4. The maximum absolute atomic E-state index is 15.1. The smallest absolute Gasteiger partial charge is 0.339 e. The Morgan fingerprint density at radius 3 is 2.58 bits per heavy atom. The summed E-state index contributed by atoms with van der Waals surface area (Å²) in [4.78, 5) is 20.9. The van der Waals surface area contributed by atoms with Gasteiger partial charge in [-0.1, -0.05) is 24.3 Å². The highest BCUT2D eigenvalue weighted by atomic mass is 19.1. The van der Waals surface area contributed by atoms with E-state index in [9.17, 15) is 4.79 Å². The zero-order chi connectivity index (χ0) is 25.4. The molecule has 0 unspecified atom stereocenters. The van der Waals surface area contributed by atoms with E-state index in [0.717, 1.165) is 16.8 Å². The fourth-order valence-electron chi connectivity index (χ4n) is 4.29. The van der Waals surface area contributed by atoms with Crippen molar-refractivity contribution in [1.29, 1.82) is 0 Å². The second kappa shape index (κ2) is 9.22. The van der Waals surface area contributed by atoms with Crippen molar-refractivity contribution in [3.63, 3.8) is 0 Å². The van der Waals surface area contributed by atoms with Crippen LogP contribution in [0.4, 0.5) is 15.9 Å². The van der Waals surface area contributed by atoms with Gasteiger partial charge in [0.25, 0.3) is 0 Å². The van der Waals surface area contributed by atoms with Crippen LogP contribution in [-0.4, -0.2) is 32.8 Å². The highest BCUT2D eigenvalue weighted by Crippen LogP contribution is 2.38. The first-order valence-electron chi connectivity index (χ1n) is 11.4. The van der Waals surface area contributed by atoms with E-state index in [4.69, 9.17) is 9.84 Å². The Balaban J connectivity index is 1.78. The van der Waals surface area contributed by atoms with Gasteiger partial charge in [-0.2, -0.15) is 5.10 Å². The van der Waals surface area contributed by atoms with Gasteiger partial charge in [-0.05, 0) is 67.8 Å². The van der Waals surface area contributed by atoms with Crippen LogP contribution in [0.3, 0.4) is 0 Å². The van der Waals surface area contributed by atoms with E-state index < -0.39 is 11.8 Å². The highest BCUT2D eigenvalue weighted by molar-refractivity contribution is 5.97. The molecule has 3 aromatic carbocycles. The van der Waals surface area contributed by atoms with Gasteiger partial charge >= 0.3 is 5.97 Å². The second-order valence-electron chi connectivity index (χ2n) is 8.56. The maximum atomic E-state index is 15.1. The van der Waals surface area contributed by atoms with Crippen molar-refractivity contribution in [3.05, 3.63) is 95.2 Å². The van der Waals surface area contributed by atoms with Crippen molar-refractivity contribution in [2.24, 2.45) is 0 Å². The van der Waals surface area contributed by atoms with Crippen LogP contribution in [0.25, 0.3) is 27.8 Å². The zero-order valence-electron chi connectivity index (χ0n) is 20.3. The third kappa shape index (κ3) is 4.07. The van der Waals surface area contributed by atoms with Crippen molar-refractivity contribution in [2.75, 3.05) is 12.4 Å². The fraction of sp³-hybridized carbons (Fsp3) is 0.143.